The first-order valence-electron chi connectivity index (χ1n) is 5.82. The molecule has 0 aromatic carbocycles. The number of allylic oxidation sites excluding steroid dienone is 2. The van der Waals surface area contributed by atoms with Crippen LogP contribution in [-0.4, -0.2) is 22.6 Å². The van der Waals surface area contributed by atoms with Crippen LogP contribution < -0.4 is 5.32 Å². The van der Waals surface area contributed by atoms with E-state index in [1.807, 2.05) is 6.33 Å². The Morgan fingerprint density at radius 2 is 2.20 bits per heavy atom. The summed E-state index contributed by atoms with van der Waals surface area (Å²) < 4.78 is 2.39. The quantitative estimate of drug-likeness (QED) is 0.743. The maximum Gasteiger partial charge on any atom is 0.0951 e. The van der Waals surface area contributed by atoms with E-state index in [9.17, 15) is 0 Å². The van der Waals surface area contributed by atoms with Gasteiger partial charge in [0.05, 0.1) is 6.33 Å². The third-order valence-corrected chi connectivity index (χ3v) is 3.55. The number of imidazole rings is 1. The van der Waals surface area contributed by atoms with E-state index in [-0.39, 0.29) is 0 Å². The molecule has 2 aliphatic rings. The van der Waals surface area contributed by atoms with Crippen LogP contribution in [0.5, 0.6) is 0 Å². The van der Waals surface area contributed by atoms with Gasteiger partial charge in [-0.25, -0.2) is 4.98 Å². The van der Waals surface area contributed by atoms with Gasteiger partial charge in [0.15, 0.2) is 0 Å². The van der Waals surface area contributed by atoms with Gasteiger partial charge in [0.2, 0.25) is 0 Å². The van der Waals surface area contributed by atoms with Crippen LogP contribution in [-0.2, 0) is 0 Å². The highest BCUT2D eigenvalue weighted by Gasteiger charge is 2.23. The summed E-state index contributed by atoms with van der Waals surface area (Å²) in [4.78, 5) is 4.32. The molecule has 3 nitrogen and oxygen atoms in total. The van der Waals surface area contributed by atoms with Crippen LogP contribution in [0.4, 0.5) is 0 Å². The molecule has 3 heteroatoms. The molecule has 1 aromatic rings. The Bertz CT molecular complexity index is 336. The number of hydrogen-bond donors (Lipinski definition) is 1. The SMILES string of the molecule is C1=CCC(n2cncc2C2CCNC2)C1. The van der Waals surface area contributed by atoms with E-state index in [1.54, 1.807) is 0 Å². The largest absolute Gasteiger partial charge is 0.331 e. The van der Waals surface area contributed by atoms with Crippen molar-refractivity contribution in [3.05, 3.63) is 30.4 Å². The van der Waals surface area contributed by atoms with Crippen molar-refractivity contribution < 1.29 is 0 Å². The van der Waals surface area contributed by atoms with Crippen LogP contribution in [0.3, 0.4) is 0 Å². The number of nitrogens with zero attached hydrogens (tertiary/aromatic N) is 2. The average Bonchev–Trinajstić information content (AvgIpc) is 3.01. The molecule has 1 fully saturated rings. The normalized spacial score (nSPS) is 26.5. The minimum atomic E-state index is 0.628. The molecule has 1 saturated heterocycles. The first kappa shape index (κ1) is 9.16. The first-order valence-corrected chi connectivity index (χ1v) is 5.82. The molecule has 0 bridgehead atoms. The molecule has 1 aliphatic heterocycles. The molecule has 15 heavy (non-hydrogen) atoms. The van der Waals surface area contributed by atoms with Crippen LogP contribution in [0.25, 0.3) is 0 Å². The summed E-state index contributed by atoms with van der Waals surface area (Å²) in [5.74, 6) is 0.674. The molecular formula is C12H17N3. The number of hydrogen-bond acceptors (Lipinski definition) is 2. The van der Waals surface area contributed by atoms with Gasteiger partial charge in [-0.05, 0) is 25.8 Å². The predicted molar refractivity (Wildman–Crippen MR) is 59.9 cm³/mol. The van der Waals surface area contributed by atoms with Gasteiger partial charge in [-0.1, -0.05) is 12.2 Å². The predicted octanol–water partition coefficient (Wildman–Crippen LogP) is 1.85. The molecule has 1 N–H and O–H groups in total. The van der Waals surface area contributed by atoms with E-state index in [4.69, 9.17) is 0 Å². The minimum absolute atomic E-state index is 0.628. The molecule has 1 atom stereocenters. The fourth-order valence-electron chi connectivity index (χ4n) is 2.67. The molecule has 3 rings (SSSR count). The van der Waals surface area contributed by atoms with Crippen molar-refractivity contribution in [1.82, 2.24) is 14.9 Å². The van der Waals surface area contributed by atoms with Gasteiger partial charge in [-0.3, -0.25) is 0 Å². The van der Waals surface area contributed by atoms with Gasteiger partial charge in [0.25, 0.3) is 0 Å². The van der Waals surface area contributed by atoms with Crippen LogP contribution in [0.2, 0.25) is 0 Å². The second kappa shape index (κ2) is 3.81. The number of rotatable bonds is 2. The Hall–Kier alpha value is -1.09. The van der Waals surface area contributed by atoms with Crippen LogP contribution in [0, 0.1) is 0 Å². The summed E-state index contributed by atoms with van der Waals surface area (Å²) in [6.45, 7) is 2.27. The van der Waals surface area contributed by atoms with Crippen molar-refractivity contribution in [2.45, 2.75) is 31.2 Å². The Kier molecular flexibility index (Phi) is 2.33. The molecule has 0 amide bonds. The van der Waals surface area contributed by atoms with E-state index in [0.717, 1.165) is 13.1 Å². The summed E-state index contributed by atoms with van der Waals surface area (Å²) in [5, 5.41) is 3.42. The highest BCUT2D eigenvalue weighted by atomic mass is 15.1. The minimum Gasteiger partial charge on any atom is -0.331 e. The van der Waals surface area contributed by atoms with Gasteiger partial charge in [0.1, 0.15) is 0 Å². The van der Waals surface area contributed by atoms with Gasteiger partial charge in [-0.15, -0.1) is 0 Å². The maximum atomic E-state index is 4.32. The smallest absolute Gasteiger partial charge is 0.0951 e. The summed E-state index contributed by atoms with van der Waals surface area (Å²) in [5.41, 5.74) is 1.42. The summed E-state index contributed by atoms with van der Waals surface area (Å²) in [6.07, 6.45) is 12.2. The van der Waals surface area contributed by atoms with Crippen LogP contribution >= 0.6 is 0 Å². The van der Waals surface area contributed by atoms with Crippen LogP contribution in [0.1, 0.15) is 36.9 Å². The Morgan fingerprint density at radius 3 is 2.93 bits per heavy atom. The molecular weight excluding hydrogens is 186 g/mol. The van der Waals surface area contributed by atoms with Crippen molar-refractivity contribution >= 4 is 0 Å². The fraction of sp³-hybridized carbons (Fsp3) is 0.583. The highest BCUT2D eigenvalue weighted by molar-refractivity contribution is 5.12. The van der Waals surface area contributed by atoms with Crippen LogP contribution in [0.15, 0.2) is 24.7 Å². The lowest BCUT2D eigenvalue weighted by molar-refractivity contribution is 0.499. The zero-order valence-electron chi connectivity index (χ0n) is 8.89. The molecule has 0 spiro atoms. The first-order chi connectivity index (χ1) is 7.45. The van der Waals surface area contributed by atoms with E-state index < -0.39 is 0 Å². The summed E-state index contributed by atoms with van der Waals surface area (Å²) in [6, 6.07) is 0.628. The monoisotopic (exact) mass is 203 g/mol. The van der Waals surface area contributed by atoms with Gasteiger partial charge in [-0.2, -0.15) is 0 Å². The zero-order valence-corrected chi connectivity index (χ0v) is 8.89. The zero-order chi connectivity index (χ0) is 10.1. The average molecular weight is 203 g/mol. The summed E-state index contributed by atoms with van der Waals surface area (Å²) in [7, 11) is 0. The van der Waals surface area contributed by atoms with Crippen molar-refractivity contribution in [2.24, 2.45) is 0 Å². The topological polar surface area (TPSA) is 29.9 Å². The van der Waals surface area contributed by atoms with Gasteiger partial charge < -0.3 is 9.88 Å². The Labute approximate surface area is 90.2 Å². The van der Waals surface area contributed by atoms with E-state index >= 15 is 0 Å². The molecule has 80 valence electrons. The molecule has 1 unspecified atom stereocenters. The van der Waals surface area contributed by atoms with Crippen molar-refractivity contribution in [3.8, 4) is 0 Å². The lowest BCUT2D eigenvalue weighted by Gasteiger charge is -2.18. The number of aromatic nitrogens is 2. The van der Waals surface area contributed by atoms with E-state index in [1.165, 1.54) is 25.0 Å². The molecule has 1 aromatic heterocycles. The third kappa shape index (κ3) is 1.61. The molecule has 2 heterocycles. The van der Waals surface area contributed by atoms with Crippen molar-refractivity contribution in [2.75, 3.05) is 13.1 Å². The highest BCUT2D eigenvalue weighted by Crippen LogP contribution is 2.29. The van der Waals surface area contributed by atoms with Gasteiger partial charge in [0, 0.05) is 30.4 Å². The molecule has 0 radical (unpaired) electrons. The van der Waals surface area contributed by atoms with E-state index in [0.29, 0.717) is 12.0 Å². The standard InChI is InChI=1S/C12H17N3/c1-2-4-11(3-1)15-9-14-8-12(15)10-5-6-13-7-10/h1-2,8-11,13H,3-7H2. The van der Waals surface area contributed by atoms with E-state index in [2.05, 4.69) is 33.2 Å². The lowest BCUT2D eigenvalue weighted by atomic mass is 10.0. The molecule has 1 aliphatic carbocycles. The molecule has 0 saturated carbocycles. The van der Waals surface area contributed by atoms with Gasteiger partial charge >= 0.3 is 0 Å². The lowest BCUT2D eigenvalue weighted by Crippen LogP contribution is -2.14. The van der Waals surface area contributed by atoms with Crippen molar-refractivity contribution in [1.29, 1.82) is 0 Å². The second-order valence-corrected chi connectivity index (χ2v) is 4.51. The maximum absolute atomic E-state index is 4.32. The number of nitrogens with one attached hydrogen (secondary N) is 1. The third-order valence-electron chi connectivity index (χ3n) is 3.55. The Balaban J connectivity index is 1.84. The summed E-state index contributed by atoms with van der Waals surface area (Å²) >= 11 is 0. The van der Waals surface area contributed by atoms with Crippen molar-refractivity contribution in [3.63, 3.8) is 0 Å². The second-order valence-electron chi connectivity index (χ2n) is 4.51. The fourth-order valence-corrected chi connectivity index (χ4v) is 2.67. The Morgan fingerprint density at radius 1 is 1.33 bits per heavy atom.